The van der Waals surface area contributed by atoms with Crippen LogP contribution in [0.1, 0.15) is 278 Å². The molecule has 0 radical (unpaired) electrons. The fourth-order valence-electron chi connectivity index (χ4n) is 7.99. The van der Waals surface area contributed by atoms with Crippen LogP contribution in [0, 0.1) is 0 Å². The van der Waals surface area contributed by atoms with Gasteiger partial charge in [-0.15, -0.1) is 0 Å². The normalized spacial score (nSPS) is 12.7. The number of carbonyl (C=O) groups is 2. The number of allylic oxidation sites excluding steroid dienone is 12. The summed E-state index contributed by atoms with van der Waals surface area (Å²) >= 11 is 0. The zero-order chi connectivity index (χ0) is 47.7. The van der Waals surface area contributed by atoms with E-state index in [1.54, 1.807) is 0 Å². The largest absolute Gasteiger partial charge is 0.462 e. The monoisotopic (exact) mass is 921 g/mol. The number of ether oxygens (including phenoxy) is 3. The van der Waals surface area contributed by atoms with Gasteiger partial charge in [0, 0.05) is 19.4 Å². The second-order valence-electron chi connectivity index (χ2n) is 18.8. The molecule has 0 saturated carbocycles. The first-order valence-electron chi connectivity index (χ1n) is 28.5. The Kier molecular flexibility index (Phi) is 54.4. The lowest BCUT2D eigenvalue weighted by Gasteiger charge is -2.18. The van der Waals surface area contributed by atoms with E-state index < -0.39 is 6.10 Å². The van der Waals surface area contributed by atoms with E-state index in [1.807, 2.05) is 0 Å². The van der Waals surface area contributed by atoms with Gasteiger partial charge in [0.1, 0.15) is 6.61 Å². The Labute approximate surface area is 410 Å². The van der Waals surface area contributed by atoms with Crippen molar-refractivity contribution < 1.29 is 23.8 Å². The van der Waals surface area contributed by atoms with Crippen molar-refractivity contribution in [2.24, 2.45) is 0 Å². The molecule has 0 heterocycles. The van der Waals surface area contributed by atoms with E-state index in [4.69, 9.17) is 14.2 Å². The third kappa shape index (κ3) is 54.0. The molecule has 0 aromatic rings. The van der Waals surface area contributed by atoms with Crippen LogP contribution in [0.4, 0.5) is 0 Å². The molecule has 5 heteroatoms. The first-order valence-corrected chi connectivity index (χ1v) is 28.5. The lowest BCUT2D eigenvalue weighted by atomic mass is 10.0. The molecule has 0 fully saturated rings. The molecule has 66 heavy (non-hydrogen) atoms. The van der Waals surface area contributed by atoms with Crippen molar-refractivity contribution in [2.45, 2.75) is 284 Å². The van der Waals surface area contributed by atoms with E-state index in [9.17, 15) is 9.59 Å². The standard InChI is InChI=1S/C61H108O5/c1-4-7-10-13-16-19-22-25-27-29-31-33-35-37-39-42-45-48-51-54-60(62)65-58-59(57-64-56-53-50-47-44-41-24-21-18-15-12-9-6-3)66-61(63)55-52-49-46-43-40-38-36-34-32-30-28-26-23-20-17-14-11-8-5-2/h7,10,15-16,18-19,25,27,31,33,37,39,59H,4-6,8-9,11-14,17,20-24,26,28-30,32,34-36,38,40-58H2,1-3H3/b10-7-,18-15-,19-16-,27-25-,33-31-,39-37-. The Balaban J connectivity index is 4.28. The van der Waals surface area contributed by atoms with Crippen LogP contribution in [0.15, 0.2) is 72.9 Å². The minimum absolute atomic E-state index is 0.0662. The Hall–Kier alpha value is -2.66. The summed E-state index contributed by atoms with van der Waals surface area (Å²) in [5, 5.41) is 0. The topological polar surface area (TPSA) is 61.8 Å². The lowest BCUT2D eigenvalue weighted by molar-refractivity contribution is -0.163. The van der Waals surface area contributed by atoms with Gasteiger partial charge in [0.2, 0.25) is 0 Å². The molecule has 382 valence electrons. The molecular weight excluding hydrogens is 813 g/mol. The zero-order valence-corrected chi connectivity index (χ0v) is 44.0. The Morgan fingerprint density at radius 3 is 1.17 bits per heavy atom. The highest BCUT2D eigenvalue weighted by molar-refractivity contribution is 5.70. The van der Waals surface area contributed by atoms with E-state index in [2.05, 4.69) is 93.7 Å². The van der Waals surface area contributed by atoms with Crippen LogP contribution in [-0.4, -0.2) is 37.9 Å². The first-order chi connectivity index (χ1) is 32.6. The molecule has 0 N–H and O–H groups in total. The molecule has 0 bridgehead atoms. The van der Waals surface area contributed by atoms with Crippen molar-refractivity contribution in [2.75, 3.05) is 19.8 Å². The summed E-state index contributed by atoms with van der Waals surface area (Å²) in [6, 6.07) is 0. The molecule has 0 spiro atoms. The molecule has 0 rings (SSSR count). The highest BCUT2D eigenvalue weighted by atomic mass is 16.6. The van der Waals surface area contributed by atoms with E-state index in [0.29, 0.717) is 19.4 Å². The van der Waals surface area contributed by atoms with Crippen molar-refractivity contribution in [1.82, 2.24) is 0 Å². The average molecular weight is 922 g/mol. The Morgan fingerprint density at radius 1 is 0.348 bits per heavy atom. The van der Waals surface area contributed by atoms with E-state index >= 15 is 0 Å². The van der Waals surface area contributed by atoms with Gasteiger partial charge in [-0.1, -0.05) is 254 Å². The van der Waals surface area contributed by atoms with Gasteiger partial charge in [0.25, 0.3) is 0 Å². The van der Waals surface area contributed by atoms with Crippen LogP contribution in [0.5, 0.6) is 0 Å². The SMILES string of the molecule is CC/C=C\C/C=C\C/C=C\C/C=C\C/C=C\CCCCCC(=O)OCC(COCCCCCCCC/C=C\CCCC)OC(=O)CCCCCCCCCCCCCCCCCCCCC. The molecule has 0 aromatic carbocycles. The molecule has 0 aliphatic rings. The maximum absolute atomic E-state index is 12.9. The number of esters is 2. The van der Waals surface area contributed by atoms with Gasteiger partial charge in [-0.3, -0.25) is 9.59 Å². The third-order valence-electron chi connectivity index (χ3n) is 12.2. The first kappa shape index (κ1) is 63.3. The van der Waals surface area contributed by atoms with Crippen LogP contribution in [0.3, 0.4) is 0 Å². The van der Waals surface area contributed by atoms with Gasteiger partial charge < -0.3 is 14.2 Å². The summed E-state index contributed by atoms with van der Waals surface area (Å²) in [6.45, 7) is 7.67. The van der Waals surface area contributed by atoms with Crippen molar-refractivity contribution in [3.63, 3.8) is 0 Å². The number of hydrogen-bond donors (Lipinski definition) is 0. The van der Waals surface area contributed by atoms with Gasteiger partial charge in [-0.2, -0.15) is 0 Å². The molecule has 0 aromatic heterocycles. The maximum atomic E-state index is 12.9. The molecule has 0 aliphatic carbocycles. The fourth-order valence-corrected chi connectivity index (χ4v) is 7.99. The quantitative estimate of drug-likeness (QED) is 0.0346. The molecule has 1 atom stereocenters. The van der Waals surface area contributed by atoms with Gasteiger partial charge in [0.15, 0.2) is 6.10 Å². The number of rotatable bonds is 52. The summed E-state index contributed by atoms with van der Waals surface area (Å²) in [5.41, 5.74) is 0. The van der Waals surface area contributed by atoms with E-state index in [1.165, 1.54) is 161 Å². The van der Waals surface area contributed by atoms with Crippen molar-refractivity contribution >= 4 is 11.9 Å². The van der Waals surface area contributed by atoms with Crippen LogP contribution in [0.2, 0.25) is 0 Å². The predicted molar refractivity (Wildman–Crippen MR) is 288 cm³/mol. The minimum atomic E-state index is -0.553. The molecular formula is C61H108O5. The van der Waals surface area contributed by atoms with Gasteiger partial charge in [0.05, 0.1) is 6.61 Å². The molecule has 1 unspecified atom stereocenters. The summed E-state index contributed by atoms with van der Waals surface area (Å²) in [6.07, 6.45) is 73.5. The summed E-state index contributed by atoms with van der Waals surface area (Å²) in [5.74, 6) is -0.428. The van der Waals surface area contributed by atoms with Crippen molar-refractivity contribution in [1.29, 1.82) is 0 Å². The molecule has 0 amide bonds. The summed E-state index contributed by atoms with van der Waals surface area (Å²) < 4.78 is 17.4. The van der Waals surface area contributed by atoms with Crippen molar-refractivity contribution in [3.8, 4) is 0 Å². The van der Waals surface area contributed by atoms with Crippen molar-refractivity contribution in [3.05, 3.63) is 72.9 Å². The second kappa shape index (κ2) is 56.7. The predicted octanol–water partition coefficient (Wildman–Crippen LogP) is 19.5. The summed E-state index contributed by atoms with van der Waals surface area (Å²) in [7, 11) is 0. The van der Waals surface area contributed by atoms with Gasteiger partial charge in [-0.05, 0) is 83.5 Å². The van der Waals surface area contributed by atoms with Gasteiger partial charge >= 0.3 is 11.9 Å². The minimum Gasteiger partial charge on any atom is -0.462 e. The summed E-state index contributed by atoms with van der Waals surface area (Å²) in [4.78, 5) is 25.5. The molecule has 0 saturated heterocycles. The smallest absolute Gasteiger partial charge is 0.306 e. The van der Waals surface area contributed by atoms with E-state index in [0.717, 1.165) is 83.5 Å². The third-order valence-corrected chi connectivity index (χ3v) is 12.2. The fraction of sp³-hybridized carbons (Fsp3) is 0.770. The maximum Gasteiger partial charge on any atom is 0.306 e. The lowest BCUT2D eigenvalue weighted by Crippen LogP contribution is -2.30. The molecule has 0 aliphatic heterocycles. The number of unbranched alkanes of at least 4 members (excludes halogenated alkanes) is 29. The Bertz CT molecular complexity index is 1180. The molecule has 5 nitrogen and oxygen atoms in total. The van der Waals surface area contributed by atoms with Gasteiger partial charge in [-0.25, -0.2) is 0 Å². The Morgan fingerprint density at radius 2 is 0.697 bits per heavy atom. The average Bonchev–Trinajstić information content (AvgIpc) is 3.32. The van der Waals surface area contributed by atoms with E-state index in [-0.39, 0.29) is 25.2 Å². The number of carbonyl (C=O) groups excluding carboxylic acids is 2. The zero-order valence-electron chi connectivity index (χ0n) is 44.0. The second-order valence-corrected chi connectivity index (χ2v) is 18.8. The van der Waals surface area contributed by atoms with Crippen LogP contribution >= 0.6 is 0 Å². The highest BCUT2D eigenvalue weighted by Gasteiger charge is 2.17. The number of hydrogen-bond acceptors (Lipinski definition) is 5. The van der Waals surface area contributed by atoms with Crippen LogP contribution in [-0.2, 0) is 23.8 Å². The van der Waals surface area contributed by atoms with Crippen LogP contribution in [0.25, 0.3) is 0 Å². The highest BCUT2D eigenvalue weighted by Crippen LogP contribution is 2.16. The van der Waals surface area contributed by atoms with Crippen LogP contribution < -0.4 is 0 Å².